The van der Waals surface area contributed by atoms with Gasteiger partial charge in [-0.25, -0.2) is 0 Å². The maximum absolute atomic E-state index is 11.3. The highest BCUT2D eigenvalue weighted by Gasteiger charge is 2.13. The number of aromatic nitrogens is 2. The van der Waals surface area contributed by atoms with Gasteiger partial charge >= 0.3 is 5.97 Å². The summed E-state index contributed by atoms with van der Waals surface area (Å²) in [5, 5.41) is 4.59. The number of ether oxygens (including phenoxy) is 1. The zero-order chi connectivity index (χ0) is 15.4. The molecule has 0 bridgehead atoms. The van der Waals surface area contributed by atoms with Crippen molar-refractivity contribution in [3.8, 4) is 0 Å². The minimum Gasteiger partial charge on any atom is -0.469 e. The molecule has 4 nitrogen and oxygen atoms in total. The molecule has 0 saturated carbocycles. The maximum atomic E-state index is 11.3. The molecule has 2 rings (SSSR count). The molecule has 1 aromatic carbocycles. The summed E-state index contributed by atoms with van der Waals surface area (Å²) in [5.41, 5.74) is 4.41. The number of hydrogen-bond donors (Lipinski definition) is 0. The Labute approximate surface area is 133 Å². The van der Waals surface area contributed by atoms with Crippen LogP contribution in [-0.2, 0) is 22.5 Å². The minimum absolute atomic E-state index is 0.187. The first kappa shape index (κ1) is 15.8. The summed E-state index contributed by atoms with van der Waals surface area (Å²) in [6.07, 6.45) is 1.06. The van der Waals surface area contributed by atoms with Crippen LogP contribution in [-0.4, -0.2) is 22.9 Å². The molecule has 0 radical (unpaired) electrons. The highest BCUT2D eigenvalue weighted by Crippen LogP contribution is 2.18. The van der Waals surface area contributed by atoms with Crippen LogP contribution in [0, 0.1) is 13.8 Å². The summed E-state index contributed by atoms with van der Waals surface area (Å²) in [5.74, 6) is -0.187. The van der Waals surface area contributed by atoms with Gasteiger partial charge in [-0.15, -0.1) is 0 Å². The van der Waals surface area contributed by atoms with Gasteiger partial charge in [-0.3, -0.25) is 9.48 Å². The first-order valence-electron chi connectivity index (χ1n) is 6.85. The van der Waals surface area contributed by atoms with Crippen molar-refractivity contribution >= 4 is 21.9 Å². The minimum atomic E-state index is -0.187. The molecule has 0 saturated heterocycles. The second kappa shape index (κ2) is 6.89. The normalized spacial score (nSPS) is 10.7. The van der Waals surface area contributed by atoms with Crippen LogP contribution in [0.5, 0.6) is 0 Å². The molecule has 0 fully saturated rings. The summed E-state index contributed by atoms with van der Waals surface area (Å²) in [6.45, 7) is 4.76. The molecule has 5 heteroatoms. The largest absolute Gasteiger partial charge is 0.469 e. The van der Waals surface area contributed by atoms with Gasteiger partial charge in [0.25, 0.3) is 0 Å². The van der Waals surface area contributed by atoms with E-state index in [2.05, 4.69) is 33.2 Å². The van der Waals surface area contributed by atoms with E-state index >= 15 is 0 Å². The lowest BCUT2D eigenvalue weighted by Gasteiger charge is -2.06. The number of methoxy groups -OCH3 is 1. The zero-order valence-corrected chi connectivity index (χ0v) is 14.1. The van der Waals surface area contributed by atoms with E-state index in [0.29, 0.717) is 12.8 Å². The molecule has 0 amide bonds. The van der Waals surface area contributed by atoms with Crippen LogP contribution in [0.15, 0.2) is 28.7 Å². The van der Waals surface area contributed by atoms with Crippen LogP contribution >= 0.6 is 15.9 Å². The van der Waals surface area contributed by atoms with Gasteiger partial charge in [0.05, 0.1) is 19.3 Å². The lowest BCUT2D eigenvalue weighted by molar-refractivity contribution is -0.140. The number of halogens is 1. The van der Waals surface area contributed by atoms with Crippen LogP contribution in [0.1, 0.15) is 28.9 Å². The molecular weight excluding hydrogens is 332 g/mol. The molecule has 0 aliphatic rings. The summed E-state index contributed by atoms with van der Waals surface area (Å²) in [7, 11) is 1.42. The van der Waals surface area contributed by atoms with Gasteiger partial charge < -0.3 is 4.74 Å². The lowest BCUT2D eigenvalue weighted by Crippen LogP contribution is -2.05. The van der Waals surface area contributed by atoms with Crippen molar-refractivity contribution in [1.82, 2.24) is 9.78 Å². The average Bonchev–Trinajstić information content (AvgIpc) is 2.71. The van der Waals surface area contributed by atoms with Gasteiger partial charge in [0.2, 0.25) is 0 Å². The second-order valence-corrected chi connectivity index (χ2v) is 5.93. The van der Waals surface area contributed by atoms with E-state index in [1.165, 1.54) is 12.7 Å². The average molecular weight is 351 g/mol. The molecule has 1 aromatic heterocycles. The molecule has 0 spiro atoms. The molecule has 1 heterocycles. The van der Waals surface area contributed by atoms with Gasteiger partial charge in [0.15, 0.2) is 0 Å². The van der Waals surface area contributed by atoms with Crippen LogP contribution in [0.25, 0.3) is 0 Å². The molecule has 0 unspecified atom stereocenters. The topological polar surface area (TPSA) is 44.1 Å². The zero-order valence-electron chi connectivity index (χ0n) is 12.5. The Bertz CT molecular complexity index is 650. The third kappa shape index (κ3) is 3.94. The molecule has 0 aliphatic carbocycles. The monoisotopic (exact) mass is 350 g/mol. The quantitative estimate of drug-likeness (QED) is 0.776. The third-order valence-corrected chi connectivity index (χ3v) is 4.05. The Morgan fingerprint density at radius 2 is 2.14 bits per heavy atom. The molecule has 2 aromatic rings. The van der Waals surface area contributed by atoms with Crippen molar-refractivity contribution in [2.75, 3.05) is 7.11 Å². The Morgan fingerprint density at radius 1 is 1.38 bits per heavy atom. The van der Waals surface area contributed by atoms with E-state index in [9.17, 15) is 4.79 Å². The van der Waals surface area contributed by atoms with E-state index in [4.69, 9.17) is 4.74 Å². The Hall–Kier alpha value is -1.62. The Morgan fingerprint density at radius 3 is 2.81 bits per heavy atom. The summed E-state index contributed by atoms with van der Waals surface area (Å²) in [4.78, 5) is 11.3. The van der Waals surface area contributed by atoms with Gasteiger partial charge in [0, 0.05) is 16.6 Å². The summed E-state index contributed by atoms with van der Waals surface area (Å²) >= 11 is 3.48. The highest BCUT2D eigenvalue weighted by atomic mass is 79.9. The van der Waals surface area contributed by atoms with Crippen LogP contribution in [0.2, 0.25) is 0 Å². The number of nitrogens with zero attached hydrogens (tertiary/aromatic N) is 2. The van der Waals surface area contributed by atoms with Gasteiger partial charge in [0.1, 0.15) is 0 Å². The summed E-state index contributed by atoms with van der Waals surface area (Å²) in [6, 6.07) is 8.19. The molecule has 21 heavy (non-hydrogen) atoms. The van der Waals surface area contributed by atoms with E-state index in [1.807, 2.05) is 30.7 Å². The predicted octanol–water partition coefficient (Wildman–Crippen LogP) is 3.42. The molecule has 112 valence electrons. The fourth-order valence-electron chi connectivity index (χ4n) is 2.39. The number of hydrogen-bond acceptors (Lipinski definition) is 3. The van der Waals surface area contributed by atoms with Crippen LogP contribution < -0.4 is 0 Å². The lowest BCUT2D eigenvalue weighted by atomic mass is 10.1. The smallest absolute Gasteiger partial charge is 0.305 e. The SMILES string of the molecule is COC(=O)CCc1c(C)nn(Cc2cccc(Br)c2)c1C. The van der Waals surface area contributed by atoms with Gasteiger partial charge in [-0.2, -0.15) is 5.10 Å². The standard InChI is InChI=1S/C16H19BrN2O2/c1-11-15(7-8-16(20)21-3)12(2)19(18-11)10-13-5-4-6-14(17)9-13/h4-6,9H,7-8,10H2,1-3H3. The van der Waals surface area contributed by atoms with E-state index < -0.39 is 0 Å². The van der Waals surface area contributed by atoms with Crippen molar-refractivity contribution in [1.29, 1.82) is 0 Å². The second-order valence-electron chi connectivity index (χ2n) is 5.01. The fourth-order valence-corrected chi connectivity index (χ4v) is 2.83. The maximum Gasteiger partial charge on any atom is 0.305 e. The summed E-state index contributed by atoms with van der Waals surface area (Å²) < 4.78 is 7.75. The molecule has 0 atom stereocenters. The van der Waals surface area contributed by atoms with Crippen molar-refractivity contribution in [3.05, 3.63) is 51.3 Å². The molecule has 0 N–H and O–H groups in total. The number of aryl methyl sites for hydroxylation is 1. The molecular formula is C16H19BrN2O2. The fraction of sp³-hybridized carbons (Fsp3) is 0.375. The Balaban J connectivity index is 2.16. The Kier molecular flexibility index (Phi) is 5.17. The number of esters is 1. The van der Waals surface area contributed by atoms with E-state index in [1.54, 1.807) is 0 Å². The van der Waals surface area contributed by atoms with Gasteiger partial charge in [-0.1, -0.05) is 28.1 Å². The highest BCUT2D eigenvalue weighted by molar-refractivity contribution is 9.10. The van der Waals surface area contributed by atoms with Crippen molar-refractivity contribution in [2.24, 2.45) is 0 Å². The van der Waals surface area contributed by atoms with Gasteiger partial charge in [-0.05, 0) is 43.5 Å². The van der Waals surface area contributed by atoms with Crippen molar-refractivity contribution < 1.29 is 9.53 Å². The van der Waals surface area contributed by atoms with Crippen LogP contribution in [0.4, 0.5) is 0 Å². The predicted molar refractivity (Wildman–Crippen MR) is 85.3 cm³/mol. The number of carbonyl (C=O) groups excluding carboxylic acids is 1. The van der Waals surface area contributed by atoms with E-state index in [0.717, 1.165) is 28.0 Å². The molecule has 0 aliphatic heterocycles. The van der Waals surface area contributed by atoms with E-state index in [-0.39, 0.29) is 5.97 Å². The third-order valence-electron chi connectivity index (χ3n) is 3.56. The van der Waals surface area contributed by atoms with Crippen LogP contribution in [0.3, 0.4) is 0 Å². The number of carbonyl (C=O) groups is 1. The van der Waals surface area contributed by atoms with Crippen molar-refractivity contribution in [3.63, 3.8) is 0 Å². The number of rotatable bonds is 5. The number of benzene rings is 1. The first-order valence-corrected chi connectivity index (χ1v) is 7.64. The van der Waals surface area contributed by atoms with Crippen molar-refractivity contribution in [2.45, 2.75) is 33.2 Å². The first-order chi connectivity index (χ1) is 10.0.